The monoisotopic (exact) mass is 181 g/mol. The maximum atomic E-state index is 10.9. The number of thioether (sulfide) groups is 1. The number of nitrogens with one attached hydrogen (secondary N) is 1. The lowest BCUT2D eigenvalue weighted by atomic mass is 10.3. The molecule has 0 aromatic heterocycles. The minimum atomic E-state index is 0.0175. The third kappa shape index (κ3) is 2.27. The first-order chi connectivity index (χ1) is 5.59. The molecule has 0 unspecified atom stereocenters. The fourth-order valence-corrected chi connectivity index (χ4v) is 1.72. The molecule has 0 aromatic carbocycles. The first-order valence-electron chi connectivity index (χ1n) is 3.58. The Bertz CT molecular complexity index is 278. The van der Waals surface area contributed by atoms with Crippen molar-refractivity contribution in [3.63, 3.8) is 0 Å². The van der Waals surface area contributed by atoms with E-state index in [4.69, 9.17) is 0 Å². The van der Waals surface area contributed by atoms with Gasteiger partial charge in [-0.05, 0) is 13.0 Å². The van der Waals surface area contributed by atoms with Gasteiger partial charge in [-0.1, -0.05) is 18.7 Å². The molecule has 1 saturated heterocycles. The predicted molar refractivity (Wildman–Crippen MR) is 52.6 cm³/mol. The number of allylic oxidation sites excluding steroid dienone is 2. The third-order valence-corrected chi connectivity index (χ3v) is 2.41. The summed E-state index contributed by atoms with van der Waals surface area (Å²) >= 11 is 1.50. The summed E-state index contributed by atoms with van der Waals surface area (Å²) < 4.78 is 0. The van der Waals surface area contributed by atoms with E-state index in [0.29, 0.717) is 11.4 Å². The summed E-state index contributed by atoms with van der Waals surface area (Å²) in [6.07, 6.45) is 1.92. The molecule has 0 aliphatic carbocycles. The quantitative estimate of drug-likeness (QED) is 0.668. The van der Waals surface area contributed by atoms with Crippen LogP contribution in [0.15, 0.2) is 35.4 Å². The Morgan fingerprint density at radius 1 is 1.75 bits per heavy atom. The molecular weight excluding hydrogens is 170 g/mol. The molecular formula is C9H11NOS. The van der Waals surface area contributed by atoms with Crippen molar-refractivity contribution in [3.8, 4) is 0 Å². The normalized spacial score (nSPS) is 20.9. The second-order valence-electron chi connectivity index (χ2n) is 2.67. The molecule has 1 rings (SSSR count). The van der Waals surface area contributed by atoms with Crippen LogP contribution in [-0.2, 0) is 4.79 Å². The zero-order valence-electron chi connectivity index (χ0n) is 7.02. The summed E-state index contributed by atoms with van der Waals surface area (Å²) in [5, 5.41) is 2.67. The summed E-state index contributed by atoms with van der Waals surface area (Å²) in [7, 11) is 0. The fourth-order valence-electron chi connectivity index (χ4n) is 0.849. The van der Waals surface area contributed by atoms with E-state index in [1.165, 1.54) is 11.8 Å². The van der Waals surface area contributed by atoms with Crippen LogP contribution in [0.5, 0.6) is 0 Å². The number of carbonyl (C=O) groups excluding carboxylic acids is 1. The van der Waals surface area contributed by atoms with E-state index in [-0.39, 0.29) is 5.91 Å². The summed E-state index contributed by atoms with van der Waals surface area (Å²) in [6, 6.07) is 0. The smallest absolute Gasteiger partial charge is 0.234 e. The molecule has 0 spiro atoms. The maximum absolute atomic E-state index is 10.9. The van der Waals surface area contributed by atoms with Gasteiger partial charge in [0.25, 0.3) is 0 Å². The molecule has 0 aromatic rings. The molecule has 1 heterocycles. The van der Waals surface area contributed by atoms with Gasteiger partial charge in [-0.3, -0.25) is 4.79 Å². The number of hydrogen-bond donors (Lipinski definition) is 1. The van der Waals surface area contributed by atoms with Crippen LogP contribution in [0, 0.1) is 0 Å². The van der Waals surface area contributed by atoms with Crippen LogP contribution in [0.4, 0.5) is 0 Å². The SMILES string of the molecule is C=C(C)/C=C1/SCC(=O)NC1=C. The van der Waals surface area contributed by atoms with Crippen LogP contribution in [0.3, 0.4) is 0 Å². The Balaban J connectivity index is 2.75. The van der Waals surface area contributed by atoms with Crippen molar-refractivity contribution in [2.75, 3.05) is 5.75 Å². The molecule has 0 saturated carbocycles. The van der Waals surface area contributed by atoms with E-state index < -0.39 is 0 Å². The third-order valence-electron chi connectivity index (χ3n) is 1.32. The van der Waals surface area contributed by atoms with Crippen molar-refractivity contribution in [1.82, 2.24) is 5.32 Å². The maximum Gasteiger partial charge on any atom is 0.234 e. The van der Waals surface area contributed by atoms with Gasteiger partial charge >= 0.3 is 0 Å². The first-order valence-corrected chi connectivity index (χ1v) is 4.57. The summed E-state index contributed by atoms with van der Waals surface area (Å²) in [5.41, 5.74) is 1.65. The van der Waals surface area contributed by atoms with Crippen molar-refractivity contribution in [2.24, 2.45) is 0 Å². The highest BCUT2D eigenvalue weighted by Gasteiger charge is 2.15. The van der Waals surface area contributed by atoms with E-state index in [1.54, 1.807) is 0 Å². The van der Waals surface area contributed by atoms with Gasteiger partial charge < -0.3 is 5.32 Å². The molecule has 3 heteroatoms. The average molecular weight is 181 g/mol. The molecule has 1 N–H and O–H groups in total. The van der Waals surface area contributed by atoms with E-state index >= 15 is 0 Å². The van der Waals surface area contributed by atoms with Gasteiger partial charge in [-0.2, -0.15) is 0 Å². The lowest BCUT2D eigenvalue weighted by molar-refractivity contribution is -0.117. The topological polar surface area (TPSA) is 29.1 Å². The van der Waals surface area contributed by atoms with E-state index in [1.807, 2.05) is 13.0 Å². The second-order valence-corrected chi connectivity index (χ2v) is 3.69. The highest BCUT2D eigenvalue weighted by Crippen LogP contribution is 2.26. The van der Waals surface area contributed by atoms with Crippen molar-refractivity contribution in [3.05, 3.63) is 35.4 Å². The molecule has 0 atom stereocenters. The molecule has 1 fully saturated rings. The fraction of sp³-hybridized carbons (Fsp3) is 0.222. The lowest BCUT2D eigenvalue weighted by Crippen LogP contribution is -2.28. The standard InChI is InChI=1S/C9H11NOS/c1-6(2)4-8-7(3)10-9(11)5-12-8/h4H,1,3,5H2,2H3,(H,10,11)/b8-4+. The van der Waals surface area contributed by atoms with Crippen LogP contribution >= 0.6 is 11.8 Å². The van der Waals surface area contributed by atoms with Crippen LogP contribution in [0.25, 0.3) is 0 Å². The van der Waals surface area contributed by atoms with Gasteiger partial charge in [-0.15, -0.1) is 11.8 Å². The molecule has 1 aliphatic rings. The van der Waals surface area contributed by atoms with Gasteiger partial charge in [0.05, 0.1) is 5.75 Å². The van der Waals surface area contributed by atoms with E-state index in [0.717, 1.165) is 10.5 Å². The molecule has 1 aliphatic heterocycles. The Morgan fingerprint density at radius 3 is 2.92 bits per heavy atom. The Hall–Kier alpha value is -0.960. The summed E-state index contributed by atoms with van der Waals surface area (Å²) in [6.45, 7) is 9.41. The molecule has 0 bridgehead atoms. The Kier molecular flexibility index (Phi) is 2.76. The minimum Gasteiger partial charge on any atom is -0.325 e. The highest BCUT2D eigenvalue weighted by molar-refractivity contribution is 8.04. The van der Waals surface area contributed by atoms with Gasteiger partial charge in [0, 0.05) is 10.6 Å². The van der Waals surface area contributed by atoms with Gasteiger partial charge in [0.2, 0.25) is 5.91 Å². The summed E-state index contributed by atoms with van der Waals surface area (Å²) in [4.78, 5) is 11.9. The number of hydrogen-bond acceptors (Lipinski definition) is 2. The van der Waals surface area contributed by atoms with Crippen LogP contribution in [0.1, 0.15) is 6.92 Å². The van der Waals surface area contributed by atoms with Crippen LogP contribution in [0.2, 0.25) is 0 Å². The zero-order chi connectivity index (χ0) is 9.14. The predicted octanol–water partition coefficient (Wildman–Crippen LogP) is 1.82. The number of carbonyl (C=O) groups is 1. The van der Waals surface area contributed by atoms with Crippen LogP contribution < -0.4 is 5.32 Å². The van der Waals surface area contributed by atoms with Crippen molar-refractivity contribution in [2.45, 2.75) is 6.92 Å². The van der Waals surface area contributed by atoms with Crippen molar-refractivity contribution >= 4 is 17.7 Å². The second kappa shape index (κ2) is 3.63. The highest BCUT2D eigenvalue weighted by atomic mass is 32.2. The minimum absolute atomic E-state index is 0.0175. The lowest BCUT2D eigenvalue weighted by Gasteiger charge is -2.17. The van der Waals surface area contributed by atoms with Crippen LogP contribution in [-0.4, -0.2) is 11.7 Å². The van der Waals surface area contributed by atoms with Gasteiger partial charge in [0.1, 0.15) is 0 Å². The molecule has 64 valence electrons. The molecule has 0 radical (unpaired) electrons. The van der Waals surface area contributed by atoms with E-state index in [9.17, 15) is 4.79 Å². The van der Waals surface area contributed by atoms with Crippen molar-refractivity contribution in [1.29, 1.82) is 0 Å². The van der Waals surface area contributed by atoms with Gasteiger partial charge in [-0.25, -0.2) is 0 Å². The Labute approximate surface area is 76.4 Å². The number of rotatable bonds is 1. The number of amides is 1. The average Bonchev–Trinajstić information content (AvgIpc) is 1.94. The van der Waals surface area contributed by atoms with Crippen molar-refractivity contribution < 1.29 is 4.79 Å². The summed E-state index contributed by atoms with van der Waals surface area (Å²) in [5.74, 6) is 0.488. The van der Waals surface area contributed by atoms with Gasteiger partial charge in [0.15, 0.2) is 0 Å². The zero-order valence-corrected chi connectivity index (χ0v) is 7.83. The Morgan fingerprint density at radius 2 is 2.42 bits per heavy atom. The molecule has 12 heavy (non-hydrogen) atoms. The van der Waals surface area contributed by atoms with E-state index in [2.05, 4.69) is 18.5 Å². The largest absolute Gasteiger partial charge is 0.325 e. The molecule has 2 nitrogen and oxygen atoms in total. The molecule has 1 amide bonds. The first kappa shape index (κ1) is 9.13.